The van der Waals surface area contributed by atoms with Gasteiger partial charge in [-0.25, -0.2) is 9.69 Å². The van der Waals surface area contributed by atoms with Gasteiger partial charge in [0.05, 0.1) is 12.0 Å². The van der Waals surface area contributed by atoms with Gasteiger partial charge in [-0.3, -0.25) is 9.69 Å². The number of amides is 2. The second kappa shape index (κ2) is 8.29. The minimum absolute atomic E-state index is 0.0875. The standard InChI is InChI=1S/C22H24N2O3S/c1-2-9-23-12-19(17-8-10-28-15-17)20(13-23)21(25)24-18(14-27-22(24)26)11-16-6-4-3-5-7-16/h2-8,10,15,18-20H,1,9,11-14H2. The third-order valence-electron chi connectivity index (χ3n) is 5.58. The van der Waals surface area contributed by atoms with Gasteiger partial charge in [0.1, 0.15) is 6.61 Å². The number of hydrogen-bond donors (Lipinski definition) is 0. The molecule has 0 saturated carbocycles. The first kappa shape index (κ1) is 18.9. The number of rotatable bonds is 6. The first-order valence-electron chi connectivity index (χ1n) is 9.56. The van der Waals surface area contributed by atoms with Gasteiger partial charge in [-0.1, -0.05) is 36.4 Å². The number of thiophene rings is 1. The number of cyclic esters (lactones) is 1. The number of imide groups is 1. The molecule has 0 N–H and O–H groups in total. The van der Waals surface area contributed by atoms with Crippen LogP contribution < -0.4 is 0 Å². The number of carbonyl (C=O) groups is 2. The predicted molar refractivity (Wildman–Crippen MR) is 109 cm³/mol. The van der Waals surface area contributed by atoms with Gasteiger partial charge in [0, 0.05) is 25.6 Å². The summed E-state index contributed by atoms with van der Waals surface area (Å²) in [5.74, 6) is -0.283. The van der Waals surface area contributed by atoms with E-state index in [0.717, 1.165) is 18.7 Å². The highest BCUT2D eigenvalue weighted by Crippen LogP contribution is 2.36. The molecule has 2 aromatic rings. The van der Waals surface area contributed by atoms with Crippen molar-refractivity contribution in [1.29, 1.82) is 0 Å². The van der Waals surface area contributed by atoms with E-state index in [9.17, 15) is 9.59 Å². The van der Waals surface area contributed by atoms with Gasteiger partial charge in [0.25, 0.3) is 0 Å². The van der Waals surface area contributed by atoms with E-state index in [-0.39, 0.29) is 30.4 Å². The molecule has 6 heteroatoms. The van der Waals surface area contributed by atoms with Crippen molar-refractivity contribution in [1.82, 2.24) is 9.80 Å². The molecule has 3 unspecified atom stereocenters. The largest absolute Gasteiger partial charge is 0.447 e. The van der Waals surface area contributed by atoms with Crippen molar-refractivity contribution < 1.29 is 14.3 Å². The fourth-order valence-electron chi connectivity index (χ4n) is 4.24. The third-order valence-corrected chi connectivity index (χ3v) is 6.29. The number of likely N-dealkylation sites (tertiary alicyclic amines) is 1. The maximum atomic E-state index is 13.5. The Bertz CT molecular complexity index is 837. The molecular weight excluding hydrogens is 372 g/mol. The fraction of sp³-hybridized carbons (Fsp3) is 0.364. The maximum Gasteiger partial charge on any atom is 0.416 e. The Hall–Kier alpha value is -2.44. The lowest BCUT2D eigenvalue weighted by Gasteiger charge is -2.25. The summed E-state index contributed by atoms with van der Waals surface area (Å²) in [6, 6.07) is 11.8. The Morgan fingerprint density at radius 2 is 2.07 bits per heavy atom. The van der Waals surface area contributed by atoms with Crippen molar-refractivity contribution in [2.75, 3.05) is 26.2 Å². The third kappa shape index (κ3) is 3.75. The molecule has 2 saturated heterocycles. The summed E-state index contributed by atoms with van der Waals surface area (Å²) in [5.41, 5.74) is 2.26. The zero-order chi connectivity index (χ0) is 19.5. The molecule has 0 spiro atoms. The summed E-state index contributed by atoms with van der Waals surface area (Å²) in [6.07, 6.45) is 1.96. The quantitative estimate of drug-likeness (QED) is 0.701. The highest BCUT2D eigenvalue weighted by Gasteiger charge is 2.46. The molecule has 2 aliphatic rings. The van der Waals surface area contributed by atoms with Gasteiger partial charge in [-0.05, 0) is 34.4 Å². The monoisotopic (exact) mass is 396 g/mol. The first-order chi connectivity index (χ1) is 13.7. The summed E-state index contributed by atoms with van der Waals surface area (Å²) >= 11 is 1.63. The zero-order valence-electron chi connectivity index (χ0n) is 15.7. The van der Waals surface area contributed by atoms with Crippen molar-refractivity contribution in [3.8, 4) is 0 Å². The number of ether oxygens (including phenoxy) is 1. The van der Waals surface area contributed by atoms with Gasteiger partial charge in [0.15, 0.2) is 0 Å². The highest BCUT2D eigenvalue weighted by molar-refractivity contribution is 7.08. The molecule has 5 nitrogen and oxygen atoms in total. The molecule has 28 heavy (non-hydrogen) atoms. The van der Waals surface area contributed by atoms with Crippen molar-refractivity contribution >= 4 is 23.3 Å². The molecule has 2 aliphatic heterocycles. The molecule has 0 aliphatic carbocycles. The Morgan fingerprint density at radius 1 is 1.25 bits per heavy atom. The van der Waals surface area contributed by atoms with Gasteiger partial charge in [-0.15, -0.1) is 6.58 Å². The molecule has 0 radical (unpaired) electrons. The van der Waals surface area contributed by atoms with Gasteiger partial charge >= 0.3 is 6.09 Å². The lowest BCUT2D eigenvalue weighted by molar-refractivity contribution is -0.133. The summed E-state index contributed by atoms with van der Waals surface area (Å²) in [7, 11) is 0. The summed E-state index contributed by atoms with van der Waals surface area (Å²) in [5, 5.41) is 4.14. The van der Waals surface area contributed by atoms with Crippen LogP contribution >= 0.6 is 11.3 Å². The number of benzene rings is 1. The van der Waals surface area contributed by atoms with Crippen LogP contribution in [0.15, 0.2) is 59.8 Å². The fourth-order valence-corrected chi connectivity index (χ4v) is 4.96. The average molecular weight is 397 g/mol. The second-order valence-electron chi connectivity index (χ2n) is 7.41. The smallest absolute Gasteiger partial charge is 0.416 e. The van der Waals surface area contributed by atoms with E-state index >= 15 is 0 Å². The van der Waals surface area contributed by atoms with Crippen molar-refractivity contribution in [2.45, 2.75) is 18.4 Å². The lowest BCUT2D eigenvalue weighted by Crippen LogP contribution is -2.45. The van der Waals surface area contributed by atoms with Crippen molar-refractivity contribution in [3.63, 3.8) is 0 Å². The van der Waals surface area contributed by atoms with Crippen LogP contribution in [0.25, 0.3) is 0 Å². The van der Waals surface area contributed by atoms with Crippen LogP contribution in [0.2, 0.25) is 0 Å². The molecule has 0 bridgehead atoms. The van der Waals surface area contributed by atoms with E-state index < -0.39 is 6.09 Å². The highest BCUT2D eigenvalue weighted by atomic mass is 32.1. The molecular formula is C22H24N2O3S. The van der Waals surface area contributed by atoms with Crippen LogP contribution in [0, 0.1) is 5.92 Å². The van der Waals surface area contributed by atoms with Crippen LogP contribution in [0.5, 0.6) is 0 Å². The molecule has 1 aromatic carbocycles. The number of carbonyl (C=O) groups excluding carboxylic acids is 2. The SMILES string of the molecule is C=CCN1CC(C(=O)N2C(=O)OCC2Cc2ccccc2)C(c2ccsc2)C1. The van der Waals surface area contributed by atoms with E-state index in [1.54, 1.807) is 11.3 Å². The van der Waals surface area contributed by atoms with Crippen molar-refractivity contribution in [2.24, 2.45) is 5.92 Å². The molecule has 146 valence electrons. The normalized spacial score (nSPS) is 25.1. The zero-order valence-corrected chi connectivity index (χ0v) is 16.5. The van der Waals surface area contributed by atoms with E-state index in [1.165, 1.54) is 10.5 Å². The topological polar surface area (TPSA) is 49.9 Å². The van der Waals surface area contributed by atoms with Crippen molar-refractivity contribution in [3.05, 3.63) is 70.9 Å². The molecule has 2 fully saturated rings. The molecule has 3 atom stereocenters. The number of nitrogens with zero attached hydrogens (tertiary/aromatic N) is 2. The van der Waals surface area contributed by atoms with E-state index in [1.807, 2.05) is 41.8 Å². The van der Waals surface area contributed by atoms with Crippen LogP contribution in [-0.4, -0.2) is 54.1 Å². The Labute approximate surface area is 169 Å². The molecule has 3 heterocycles. The summed E-state index contributed by atoms with van der Waals surface area (Å²) < 4.78 is 5.27. The van der Waals surface area contributed by atoms with Crippen LogP contribution in [0.1, 0.15) is 17.0 Å². The van der Waals surface area contributed by atoms with Crippen LogP contribution in [0.3, 0.4) is 0 Å². The Morgan fingerprint density at radius 3 is 2.79 bits per heavy atom. The van der Waals surface area contributed by atoms with Crippen LogP contribution in [0.4, 0.5) is 4.79 Å². The van der Waals surface area contributed by atoms with Gasteiger partial charge < -0.3 is 4.74 Å². The Balaban J connectivity index is 1.56. The lowest BCUT2D eigenvalue weighted by atomic mass is 9.89. The predicted octanol–water partition coefficient (Wildman–Crippen LogP) is 3.54. The second-order valence-corrected chi connectivity index (χ2v) is 8.19. The number of hydrogen-bond acceptors (Lipinski definition) is 5. The molecule has 4 rings (SSSR count). The summed E-state index contributed by atoms with van der Waals surface area (Å²) in [4.78, 5) is 29.5. The molecule has 2 amide bonds. The van der Waals surface area contributed by atoms with Crippen LogP contribution in [-0.2, 0) is 16.0 Å². The summed E-state index contributed by atoms with van der Waals surface area (Å²) in [6.45, 7) is 6.24. The van der Waals surface area contributed by atoms with E-state index in [2.05, 4.69) is 22.9 Å². The van der Waals surface area contributed by atoms with E-state index in [4.69, 9.17) is 4.74 Å². The maximum absolute atomic E-state index is 13.5. The first-order valence-corrected chi connectivity index (χ1v) is 10.5. The minimum Gasteiger partial charge on any atom is -0.447 e. The minimum atomic E-state index is -0.517. The van der Waals surface area contributed by atoms with E-state index in [0.29, 0.717) is 13.0 Å². The van der Waals surface area contributed by atoms with Gasteiger partial charge in [-0.2, -0.15) is 11.3 Å². The molecule has 1 aromatic heterocycles. The van der Waals surface area contributed by atoms with Gasteiger partial charge in [0.2, 0.25) is 5.91 Å². The average Bonchev–Trinajstić information content (AvgIpc) is 3.43. The Kier molecular flexibility index (Phi) is 5.59.